The maximum Gasteiger partial charge on any atom is 0.416 e. The molecule has 364 valence electrons. The fourth-order valence-electron chi connectivity index (χ4n) is 10.0. The Morgan fingerprint density at radius 3 is 1.32 bits per heavy atom. The van der Waals surface area contributed by atoms with E-state index >= 15 is 0 Å². The van der Waals surface area contributed by atoms with E-state index in [9.17, 15) is 26.3 Å². The zero-order chi connectivity index (χ0) is 47.7. The van der Waals surface area contributed by atoms with Gasteiger partial charge in [0.05, 0.1) is 22.5 Å². The molecule has 4 aromatic heterocycles. The van der Waals surface area contributed by atoms with Crippen LogP contribution in [0.1, 0.15) is 48.2 Å². The van der Waals surface area contributed by atoms with E-state index in [0.717, 1.165) is 123 Å². The summed E-state index contributed by atoms with van der Waals surface area (Å²) in [5.74, 6) is 5.63. The summed E-state index contributed by atoms with van der Waals surface area (Å²) in [4.78, 5) is 17.8. The van der Waals surface area contributed by atoms with E-state index in [4.69, 9.17) is 8.83 Å². The number of oxazole rings is 2. The van der Waals surface area contributed by atoms with Gasteiger partial charge in [0.1, 0.15) is 0 Å². The van der Waals surface area contributed by atoms with Crippen LogP contribution in [0, 0.1) is 25.7 Å². The van der Waals surface area contributed by atoms with Crippen molar-refractivity contribution in [1.29, 1.82) is 0 Å². The number of rotatable bonds is 14. The van der Waals surface area contributed by atoms with Crippen molar-refractivity contribution < 1.29 is 35.2 Å². The number of benzene rings is 2. The molecule has 22 heteroatoms. The van der Waals surface area contributed by atoms with Crippen LogP contribution in [0.15, 0.2) is 80.5 Å². The zero-order valence-corrected chi connectivity index (χ0v) is 39.9. The van der Waals surface area contributed by atoms with Gasteiger partial charge in [0, 0.05) is 88.3 Å². The highest BCUT2D eigenvalue weighted by Gasteiger charge is 2.43. The predicted octanol–water partition coefficient (Wildman–Crippen LogP) is 8.98. The summed E-state index contributed by atoms with van der Waals surface area (Å²) in [6.07, 6.45) is -1.56. The minimum Gasteiger partial charge on any atom is -0.440 e. The van der Waals surface area contributed by atoms with Gasteiger partial charge in [-0.2, -0.15) is 26.3 Å². The summed E-state index contributed by atoms with van der Waals surface area (Å²) < 4.78 is 92.0. The molecule has 0 unspecified atom stereocenters. The number of fused-ring (bicyclic) bond motifs is 2. The second kappa shape index (κ2) is 20.1. The van der Waals surface area contributed by atoms with E-state index in [1.807, 2.05) is 37.1 Å². The first-order valence-corrected chi connectivity index (χ1v) is 24.8. The molecule has 4 fully saturated rings. The number of nitrogens with zero attached hydrogens (tertiary/aromatic N) is 12. The Bertz CT molecular complexity index is 2440. The van der Waals surface area contributed by atoms with E-state index in [1.54, 1.807) is 47.8 Å². The fraction of sp³-hybridized carbons (Fsp3) is 0.522. The van der Waals surface area contributed by atoms with Crippen LogP contribution >= 0.6 is 23.5 Å². The average molecular weight is 985 g/mol. The van der Waals surface area contributed by atoms with Gasteiger partial charge in [-0.05, 0) is 113 Å². The third-order valence-electron chi connectivity index (χ3n) is 13.6. The predicted molar refractivity (Wildman–Crippen MR) is 247 cm³/mol. The quantitative estimate of drug-likeness (QED) is 0.0586. The van der Waals surface area contributed by atoms with Crippen molar-refractivity contribution in [3.05, 3.63) is 83.8 Å². The standard InChI is InChI=1S/2C23H27F3N6OS/c2*1-15-20(33-14-27-15)21-28-29-22(30(21)2)34-11-3-9-31-12-16-8-10-32(19(16)13-31)18-6-4-17(5-7-18)23(24,25)26/h2*4-7,14,16,19H,3,8-13H2,1-2H3/t2*16-,19+/m10/s1. The van der Waals surface area contributed by atoms with Crippen molar-refractivity contribution in [3.8, 4) is 23.2 Å². The molecule has 0 amide bonds. The lowest BCUT2D eigenvalue weighted by Crippen LogP contribution is -2.35. The van der Waals surface area contributed by atoms with Crippen molar-refractivity contribution >= 4 is 34.9 Å². The molecule has 14 nitrogen and oxygen atoms in total. The van der Waals surface area contributed by atoms with Crippen LogP contribution < -0.4 is 9.80 Å². The van der Waals surface area contributed by atoms with Crippen molar-refractivity contribution in [2.75, 3.05) is 73.7 Å². The molecule has 4 atom stereocenters. The van der Waals surface area contributed by atoms with Gasteiger partial charge in [-0.3, -0.25) is 0 Å². The largest absolute Gasteiger partial charge is 0.440 e. The van der Waals surface area contributed by atoms with E-state index in [2.05, 4.69) is 50.0 Å². The first-order valence-electron chi connectivity index (χ1n) is 22.8. The van der Waals surface area contributed by atoms with Gasteiger partial charge in [0.25, 0.3) is 0 Å². The highest BCUT2D eigenvalue weighted by molar-refractivity contribution is 7.99. The number of hydrogen-bond acceptors (Lipinski definition) is 14. The summed E-state index contributed by atoms with van der Waals surface area (Å²) >= 11 is 3.35. The molecule has 2 aromatic carbocycles. The molecule has 6 aromatic rings. The van der Waals surface area contributed by atoms with Crippen LogP contribution in [-0.4, -0.2) is 125 Å². The van der Waals surface area contributed by atoms with Crippen molar-refractivity contribution in [3.63, 3.8) is 0 Å². The molecule has 0 radical (unpaired) electrons. The normalized spacial score (nSPS) is 20.9. The van der Waals surface area contributed by atoms with E-state index in [1.165, 1.54) is 37.1 Å². The smallest absolute Gasteiger partial charge is 0.416 e. The first-order chi connectivity index (χ1) is 32.6. The molecule has 8 heterocycles. The number of anilines is 2. The maximum atomic E-state index is 12.9. The van der Waals surface area contributed by atoms with Crippen LogP contribution in [0.3, 0.4) is 0 Å². The SMILES string of the molecule is Cc1ncoc1-c1nnc(SCCCN2C[C@@H]3CCN(c4ccc(C(F)(F)F)cc4)[C@@H]3C2)n1C.Cc1ncoc1-c1nnc(SCCCN2C[C@H]3CCN(c4ccc(C(F)(F)F)cc4)[C@H]3C2)n1C. The molecule has 0 spiro atoms. The monoisotopic (exact) mass is 984 g/mol. The molecule has 10 rings (SSSR count). The van der Waals surface area contributed by atoms with Gasteiger partial charge >= 0.3 is 12.4 Å². The van der Waals surface area contributed by atoms with Gasteiger partial charge in [-0.25, -0.2) is 9.97 Å². The van der Waals surface area contributed by atoms with Crippen LogP contribution in [0.25, 0.3) is 23.2 Å². The highest BCUT2D eigenvalue weighted by atomic mass is 32.2. The van der Waals surface area contributed by atoms with Gasteiger partial charge in [-0.15, -0.1) is 20.4 Å². The lowest BCUT2D eigenvalue weighted by Gasteiger charge is -2.27. The number of aryl methyl sites for hydroxylation is 2. The minimum atomic E-state index is -4.30. The number of halogens is 6. The summed E-state index contributed by atoms with van der Waals surface area (Å²) in [6.45, 7) is 11.6. The number of aromatic nitrogens is 8. The average Bonchev–Trinajstić information content (AvgIpc) is 4.18. The molecule has 4 aliphatic rings. The van der Waals surface area contributed by atoms with Gasteiger partial charge < -0.3 is 37.6 Å². The summed E-state index contributed by atoms with van der Waals surface area (Å²) in [6, 6.07) is 11.9. The summed E-state index contributed by atoms with van der Waals surface area (Å²) in [5.41, 5.74) is 2.16. The van der Waals surface area contributed by atoms with Crippen LogP contribution in [0.4, 0.5) is 37.7 Å². The molecule has 0 saturated carbocycles. The molecule has 68 heavy (non-hydrogen) atoms. The van der Waals surface area contributed by atoms with Crippen LogP contribution in [0.5, 0.6) is 0 Å². The Labute approximate surface area is 398 Å². The van der Waals surface area contributed by atoms with E-state index in [0.29, 0.717) is 47.1 Å². The Hall–Kier alpha value is -5.06. The van der Waals surface area contributed by atoms with Crippen LogP contribution in [0.2, 0.25) is 0 Å². The number of hydrogen-bond donors (Lipinski definition) is 0. The number of alkyl halides is 6. The number of likely N-dealkylation sites (tertiary alicyclic amines) is 2. The van der Waals surface area contributed by atoms with Gasteiger partial charge in [0.15, 0.2) is 34.6 Å². The van der Waals surface area contributed by atoms with Gasteiger partial charge in [-0.1, -0.05) is 23.5 Å². The third kappa shape index (κ3) is 10.4. The van der Waals surface area contributed by atoms with E-state index < -0.39 is 23.5 Å². The Kier molecular flexibility index (Phi) is 14.2. The fourth-order valence-corrected chi connectivity index (χ4v) is 11.7. The summed E-state index contributed by atoms with van der Waals surface area (Å²) in [5, 5.41) is 18.8. The zero-order valence-electron chi connectivity index (χ0n) is 38.2. The molecule has 0 aliphatic carbocycles. The highest BCUT2D eigenvalue weighted by Crippen LogP contribution is 2.39. The third-order valence-corrected chi connectivity index (χ3v) is 15.8. The molecular formula is C46H54F6N12O2S2. The minimum absolute atomic E-state index is 0.371. The second-order valence-electron chi connectivity index (χ2n) is 17.9. The van der Waals surface area contributed by atoms with Crippen molar-refractivity contribution in [1.82, 2.24) is 49.3 Å². The topological polar surface area (TPSA) is 126 Å². The van der Waals surface area contributed by atoms with Crippen molar-refractivity contribution in [2.24, 2.45) is 25.9 Å². The molecule has 4 aliphatic heterocycles. The van der Waals surface area contributed by atoms with Crippen molar-refractivity contribution in [2.45, 2.75) is 74.3 Å². The van der Waals surface area contributed by atoms with Gasteiger partial charge in [0.2, 0.25) is 11.6 Å². The lowest BCUT2D eigenvalue weighted by atomic mass is 10.0. The number of thioether (sulfide) groups is 2. The Morgan fingerprint density at radius 1 is 0.574 bits per heavy atom. The maximum absolute atomic E-state index is 12.9. The molecule has 0 N–H and O–H groups in total. The summed E-state index contributed by atoms with van der Waals surface area (Å²) in [7, 11) is 3.86. The van der Waals surface area contributed by atoms with Crippen LogP contribution in [-0.2, 0) is 26.4 Å². The Morgan fingerprint density at radius 2 is 0.971 bits per heavy atom. The van der Waals surface area contributed by atoms with E-state index in [-0.39, 0.29) is 0 Å². The Balaban J connectivity index is 0.000000170. The molecule has 4 saturated heterocycles. The first kappa shape index (κ1) is 48.0. The lowest BCUT2D eigenvalue weighted by molar-refractivity contribution is -0.138. The second-order valence-corrected chi connectivity index (χ2v) is 20.0. The molecule has 0 bridgehead atoms. The molecular weight excluding hydrogens is 931 g/mol.